The number of Topliss-reactive ketones (excluding diaryl/α,β-unsaturated/α-hetero) is 1. The molecule has 5 nitrogen and oxygen atoms in total. The average Bonchev–Trinajstić information content (AvgIpc) is 3.30. The van der Waals surface area contributed by atoms with E-state index in [1.165, 1.54) is 0 Å². The van der Waals surface area contributed by atoms with Crippen molar-refractivity contribution in [2.45, 2.75) is 125 Å². The van der Waals surface area contributed by atoms with Crippen LogP contribution in [-0.4, -0.2) is 41.1 Å². The number of halogens is 1. The molecule has 3 saturated carbocycles. The maximum atomic E-state index is 14.7. The van der Waals surface area contributed by atoms with Crippen LogP contribution in [0.15, 0.2) is 23.4 Å². The lowest BCUT2D eigenvalue weighted by Crippen LogP contribution is -2.64. The lowest BCUT2D eigenvalue weighted by molar-refractivity contribution is -0.173. The summed E-state index contributed by atoms with van der Waals surface area (Å²) in [6.45, 7) is 25.7. The predicted octanol–water partition coefficient (Wildman–Crippen LogP) is 8.30. The van der Waals surface area contributed by atoms with Gasteiger partial charge in [-0.15, -0.1) is 0 Å². The first-order valence-electron chi connectivity index (χ1n) is 17.1. The molecule has 6 heteroatoms. The Kier molecular flexibility index (Phi) is 6.92. The first-order valence-corrected chi connectivity index (χ1v) is 17.1. The molecule has 0 spiro atoms. The Hall–Kier alpha value is -2.29. The molecule has 4 fully saturated rings. The molecule has 5 aliphatic carbocycles. The summed E-state index contributed by atoms with van der Waals surface area (Å²) in [7, 11) is 0. The predicted molar refractivity (Wildman–Crippen MR) is 170 cm³/mol. The van der Waals surface area contributed by atoms with Gasteiger partial charge in [-0.3, -0.25) is 9.59 Å². The quantitative estimate of drug-likeness (QED) is 0.305. The molecule has 1 unspecified atom stereocenters. The monoisotopic (exact) mass is 604 g/mol. The Bertz CT molecular complexity index is 1410. The molecule has 8 atom stereocenters. The van der Waals surface area contributed by atoms with E-state index >= 15 is 0 Å². The van der Waals surface area contributed by atoms with Gasteiger partial charge in [0.1, 0.15) is 5.67 Å². The van der Waals surface area contributed by atoms with Crippen molar-refractivity contribution in [3.05, 3.63) is 34.8 Å². The molecule has 0 aromatic carbocycles. The number of hydrogen-bond acceptors (Lipinski definition) is 3. The zero-order valence-electron chi connectivity index (χ0n) is 28.4. The number of rotatable bonds is 3. The second-order valence-electron chi connectivity index (χ2n) is 18.1. The topological polar surface area (TPSA) is 58.8 Å². The van der Waals surface area contributed by atoms with Gasteiger partial charge in [0, 0.05) is 36.1 Å². The van der Waals surface area contributed by atoms with Crippen molar-refractivity contribution in [1.29, 1.82) is 0 Å². The molecular formula is C38H53FN2O3. The summed E-state index contributed by atoms with van der Waals surface area (Å²) in [5.41, 5.74) is -1.57. The number of allylic oxidation sites excluding steroid dienone is 4. The highest BCUT2D eigenvalue weighted by Gasteiger charge is 2.69. The van der Waals surface area contributed by atoms with Gasteiger partial charge in [-0.05, 0) is 97.9 Å². The number of fused-ring (bicyclic) bond motifs is 7. The average molecular weight is 605 g/mol. The van der Waals surface area contributed by atoms with Gasteiger partial charge in [0.2, 0.25) is 11.6 Å². The summed E-state index contributed by atoms with van der Waals surface area (Å²) >= 11 is 0. The van der Waals surface area contributed by atoms with Crippen LogP contribution in [0.3, 0.4) is 0 Å². The van der Waals surface area contributed by atoms with E-state index < -0.39 is 16.5 Å². The zero-order chi connectivity index (χ0) is 32.3. The summed E-state index contributed by atoms with van der Waals surface area (Å²) in [5.74, 6) is 0.304. The Labute approximate surface area is 264 Å². The van der Waals surface area contributed by atoms with Crippen LogP contribution in [0, 0.1) is 56.8 Å². The van der Waals surface area contributed by atoms with Crippen LogP contribution in [0.2, 0.25) is 0 Å². The van der Waals surface area contributed by atoms with Gasteiger partial charge in [-0.25, -0.2) is 9.24 Å². The van der Waals surface area contributed by atoms with Crippen LogP contribution in [0.25, 0.3) is 4.85 Å². The van der Waals surface area contributed by atoms with E-state index in [4.69, 9.17) is 6.57 Å². The van der Waals surface area contributed by atoms with Crippen LogP contribution < -0.4 is 0 Å². The van der Waals surface area contributed by atoms with Crippen molar-refractivity contribution >= 4 is 17.5 Å². The first-order chi connectivity index (χ1) is 20.3. The third-order valence-corrected chi connectivity index (χ3v) is 14.6. The number of likely N-dealkylation sites (tertiary alicyclic amines) is 1. The molecule has 44 heavy (non-hydrogen) atoms. The van der Waals surface area contributed by atoms with Crippen LogP contribution in [-0.2, 0) is 14.4 Å². The highest BCUT2D eigenvalue weighted by Crippen LogP contribution is 2.75. The van der Waals surface area contributed by atoms with Gasteiger partial charge in [-0.1, -0.05) is 60.1 Å². The largest absolute Gasteiger partial charge is 0.339 e. The van der Waals surface area contributed by atoms with Crippen LogP contribution in [0.4, 0.5) is 4.39 Å². The smallest absolute Gasteiger partial charge is 0.226 e. The molecule has 6 rings (SSSR count). The second kappa shape index (κ2) is 9.62. The molecule has 6 aliphatic rings. The van der Waals surface area contributed by atoms with Crippen molar-refractivity contribution in [3.8, 4) is 0 Å². The Morgan fingerprint density at radius 2 is 1.68 bits per heavy atom. The number of hydrogen-bond donors (Lipinski definition) is 0. The standard InChI is InChI=1S/C38H53FN2O3/c1-32(2)14-16-38(13-11-29(43)41-19-18-34(5,39)23-41)17-15-37(8)30(24(38)21-32)26(42)20-28-35(6)22-25(40-9)31(44)33(3,4)27(35)10-12-36(28,37)7/h20,22,24,27,30H,10-19,21,23H2,1-8H3/t24-,27-,30-,34?,35-,36+,37+,38+/m0/s1. The third kappa shape index (κ3) is 4.29. The number of nitrogens with zero attached hydrogens (tertiary/aromatic N) is 2. The Balaban J connectivity index is 1.39. The summed E-state index contributed by atoms with van der Waals surface area (Å²) in [4.78, 5) is 46.8. The SMILES string of the molecule is [C-]#[N+]C1=C[C@]2(C)C3=CC(=O)[C@@H]4[C@@H]5CC(C)(C)CC[C@]5(CCC(=O)N5CCC(C)(F)C5)CC[C@@]4(C)[C@]3(C)CC[C@H]2C(C)(C)C1=O. The fraction of sp³-hybridized carbons (Fsp3) is 0.789. The van der Waals surface area contributed by atoms with Crippen LogP contribution in [0.1, 0.15) is 120 Å². The van der Waals surface area contributed by atoms with Crippen molar-refractivity contribution in [1.82, 2.24) is 4.90 Å². The maximum absolute atomic E-state index is 14.7. The number of carbonyl (C=O) groups is 3. The molecule has 1 aliphatic heterocycles. The van der Waals surface area contributed by atoms with E-state index in [-0.39, 0.29) is 69.1 Å². The molecule has 240 valence electrons. The van der Waals surface area contributed by atoms with E-state index in [1.54, 1.807) is 11.8 Å². The molecular weight excluding hydrogens is 551 g/mol. The molecule has 1 amide bonds. The molecule has 1 saturated heterocycles. The minimum Gasteiger partial charge on any atom is -0.339 e. The van der Waals surface area contributed by atoms with Crippen molar-refractivity contribution < 1.29 is 18.8 Å². The van der Waals surface area contributed by atoms with Gasteiger partial charge >= 0.3 is 0 Å². The summed E-state index contributed by atoms with van der Waals surface area (Å²) < 4.78 is 14.6. The normalized spacial score (nSPS) is 45.6. The summed E-state index contributed by atoms with van der Waals surface area (Å²) in [6.07, 6.45) is 12.3. The zero-order valence-corrected chi connectivity index (χ0v) is 28.4. The number of ketones is 2. The van der Waals surface area contributed by atoms with Gasteiger partial charge < -0.3 is 9.69 Å². The fourth-order valence-corrected chi connectivity index (χ4v) is 11.8. The lowest BCUT2D eigenvalue weighted by atomic mass is 9.34. The molecule has 0 N–H and O–H groups in total. The van der Waals surface area contributed by atoms with Crippen LogP contribution in [0.5, 0.6) is 0 Å². The van der Waals surface area contributed by atoms with E-state index in [1.807, 2.05) is 26.0 Å². The lowest BCUT2D eigenvalue weighted by Gasteiger charge is -2.69. The van der Waals surface area contributed by atoms with Crippen LogP contribution >= 0.6 is 0 Å². The minimum absolute atomic E-state index is 0.0411. The molecule has 0 bridgehead atoms. The van der Waals surface area contributed by atoms with E-state index in [9.17, 15) is 18.8 Å². The number of amides is 1. The third-order valence-electron chi connectivity index (χ3n) is 14.6. The van der Waals surface area contributed by atoms with Gasteiger partial charge in [0.15, 0.2) is 11.6 Å². The number of carbonyl (C=O) groups excluding carboxylic acids is 3. The van der Waals surface area contributed by atoms with E-state index in [2.05, 4.69) is 39.5 Å². The molecule has 0 aromatic rings. The van der Waals surface area contributed by atoms with Gasteiger partial charge in [-0.2, -0.15) is 0 Å². The second-order valence-corrected chi connectivity index (χ2v) is 18.1. The maximum Gasteiger partial charge on any atom is 0.226 e. The summed E-state index contributed by atoms with van der Waals surface area (Å²) in [6, 6.07) is 0. The molecule has 0 radical (unpaired) electrons. The van der Waals surface area contributed by atoms with E-state index in [0.717, 1.165) is 56.9 Å². The van der Waals surface area contributed by atoms with Crippen molar-refractivity contribution in [2.75, 3.05) is 13.1 Å². The Morgan fingerprint density at radius 3 is 2.32 bits per heavy atom. The molecule has 0 aromatic heterocycles. The Morgan fingerprint density at radius 1 is 1.00 bits per heavy atom. The number of alkyl halides is 1. The van der Waals surface area contributed by atoms with Crippen molar-refractivity contribution in [3.63, 3.8) is 0 Å². The van der Waals surface area contributed by atoms with Gasteiger partial charge in [0.05, 0.1) is 13.1 Å². The van der Waals surface area contributed by atoms with E-state index in [0.29, 0.717) is 19.4 Å². The minimum atomic E-state index is -1.30. The highest BCUT2D eigenvalue weighted by molar-refractivity contribution is 6.03. The first kappa shape index (κ1) is 31.7. The highest BCUT2D eigenvalue weighted by atomic mass is 19.1. The van der Waals surface area contributed by atoms with Gasteiger partial charge in [0.25, 0.3) is 0 Å². The molecule has 1 heterocycles. The fourth-order valence-electron chi connectivity index (χ4n) is 11.8. The van der Waals surface area contributed by atoms with Crippen molar-refractivity contribution in [2.24, 2.45) is 50.2 Å². The summed E-state index contributed by atoms with van der Waals surface area (Å²) in [5, 5.41) is 0.